The number of fused-ring (bicyclic) bond motifs is 8. The molecule has 1 aliphatic carbocycles. The highest BCUT2D eigenvalue weighted by Crippen LogP contribution is 2.52. The number of hydrogen-bond acceptors (Lipinski definition) is 2. The average molecular weight is 611 g/mol. The van der Waals surface area contributed by atoms with Crippen LogP contribution in [0.4, 0.5) is 0 Å². The maximum Gasteiger partial charge on any atom is 0.0974 e. The van der Waals surface area contributed by atoms with Crippen LogP contribution < -0.4 is 0 Å². The zero-order chi connectivity index (χ0) is 32.9. The molecule has 47 heavy (non-hydrogen) atoms. The molecule has 0 spiro atoms. The van der Waals surface area contributed by atoms with E-state index in [1.54, 1.807) is 0 Å². The van der Waals surface area contributed by atoms with E-state index in [2.05, 4.69) is 165 Å². The standard InChI is InChI=1S/C45H42N2/c1-43(2,3)38-23-19-28-16-20-33-35(26-39(44(4,5)6)47-42(33)41(28)46-38)31-14-11-13-29(24-31)30-17-21-34-37(25-30)45(7,8)36-22-18-27-12-9-10-15-32(27)40(34)36/h9-26H,1-8H3. The van der Waals surface area contributed by atoms with E-state index in [0.29, 0.717) is 0 Å². The van der Waals surface area contributed by atoms with Gasteiger partial charge in [-0.15, -0.1) is 0 Å². The SMILES string of the molecule is CC(C)(C)c1ccc2ccc3c(-c4cccc(-c5ccc6c(c5)C(C)(C)c5ccc7ccccc7c5-6)c4)cc(C(C)(C)C)nc3c2n1. The molecule has 2 heteroatoms. The largest absolute Gasteiger partial charge is 0.250 e. The Labute approximate surface area is 278 Å². The fourth-order valence-electron chi connectivity index (χ4n) is 7.46. The maximum absolute atomic E-state index is 5.30. The first-order chi connectivity index (χ1) is 22.3. The first-order valence-electron chi connectivity index (χ1n) is 16.8. The van der Waals surface area contributed by atoms with Crippen LogP contribution in [0.3, 0.4) is 0 Å². The Bertz CT molecular complexity index is 2400. The van der Waals surface area contributed by atoms with Crippen LogP contribution in [0.1, 0.15) is 77.9 Å². The Balaban J connectivity index is 1.30. The van der Waals surface area contributed by atoms with Gasteiger partial charge in [0.25, 0.3) is 0 Å². The van der Waals surface area contributed by atoms with Gasteiger partial charge in [0.05, 0.1) is 11.0 Å². The lowest BCUT2D eigenvalue weighted by Crippen LogP contribution is -2.15. The summed E-state index contributed by atoms with van der Waals surface area (Å²) < 4.78 is 0. The third-order valence-corrected chi connectivity index (χ3v) is 10.2. The van der Waals surface area contributed by atoms with Gasteiger partial charge < -0.3 is 0 Å². The van der Waals surface area contributed by atoms with Gasteiger partial charge in [0.15, 0.2) is 0 Å². The molecule has 0 atom stereocenters. The van der Waals surface area contributed by atoms with E-state index in [-0.39, 0.29) is 16.2 Å². The van der Waals surface area contributed by atoms with Crippen molar-refractivity contribution in [2.75, 3.05) is 0 Å². The van der Waals surface area contributed by atoms with E-state index in [9.17, 15) is 0 Å². The molecule has 0 bridgehead atoms. The molecule has 7 aromatic rings. The summed E-state index contributed by atoms with van der Waals surface area (Å²) in [5.41, 5.74) is 14.3. The third-order valence-electron chi connectivity index (χ3n) is 10.2. The van der Waals surface area contributed by atoms with E-state index in [1.165, 1.54) is 55.3 Å². The molecule has 2 aromatic heterocycles. The summed E-state index contributed by atoms with van der Waals surface area (Å²) in [6.07, 6.45) is 0. The smallest absolute Gasteiger partial charge is 0.0974 e. The van der Waals surface area contributed by atoms with Crippen molar-refractivity contribution in [2.45, 2.75) is 71.6 Å². The predicted octanol–water partition coefficient (Wildman–Crippen LogP) is 12.2. The first-order valence-corrected chi connectivity index (χ1v) is 16.8. The summed E-state index contributed by atoms with van der Waals surface area (Å²) in [5, 5.41) is 4.89. The molecule has 5 aromatic carbocycles. The molecule has 0 aliphatic heterocycles. The number of nitrogens with zero attached hydrogens (tertiary/aromatic N) is 2. The Morgan fingerprint density at radius 1 is 0.468 bits per heavy atom. The van der Waals surface area contributed by atoms with Gasteiger partial charge in [-0.3, -0.25) is 0 Å². The van der Waals surface area contributed by atoms with Crippen molar-refractivity contribution in [1.29, 1.82) is 0 Å². The Kier molecular flexibility index (Phi) is 6.35. The zero-order valence-electron chi connectivity index (χ0n) is 28.8. The van der Waals surface area contributed by atoms with Gasteiger partial charge in [-0.25, -0.2) is 9.97 Å². The second kappa shape index (κ2) is 10.1. The van der Waals surface area contributed by atoms with Gasteiger partial charge >= 0.3 is 0 Å². The minimum atomic E-state index is -0.116. The summed E-state index contributed by atoms with van der Waals surface area (Å²) in [6, 6.07) is 40.6. The number of benzene rings is 5. The van der Waals surface area contributed by atoms with Crippen LogP contribution in [0, 0.1) is 0 Å². The molecule has 1 aliphatic rings. The lowest BCUT2D eigenvalue weighted by Gasteiger charge is -2.22. The summed E-state index contributed by atoms with van der Waals surface area (Å²) in [5.74, 6) is 0. The second-order valence-corrected chi connectivity index (χ2v) is 16.0. The van der Waals surface area contributed by atoms with Gasteiger partial charge in [-0.2, -0.15) is 0 Å². The van der Waals surface area contributed by atoms with Crippen molar-refractivity contribution in [2.24, 2.45) is 0 Å². The van der Waals surface area contributed by atoms with Crippen LogP contribution in [0.25, 0.3) is 66.0 Å². The molecule has 0 unspecified atom stereocenters. The Morgan fingerprint density at radius 3 is 1.94 bits per heavy atom. The zero-order valence-corrected chi connectivity index (χ0v) is 28.8. The minimum absolute atomic E-state index is 0.0476. The average Bonchev–Trinajstić information content (AvgIpc) is 3.29. The maximum atomic E-state index is 5.30. The molecule has 0 N–H and O–H groups in total. The number of rotatable bonds is 2. The van der Waals surface area contributed by atoms with E-state index in [1.807, 2.05) is 0 Å². The van der Waals surface area contributed by atoms with Crippen LogP contribution in [-0.2, 0) is 16.2 Å². The monoisotopic (exact) mass is 610 g/mol. The summed E-state index contributed by atoms with van der Waals surface area (Å²) in [7, 11) is 0. The molecule has 0 saturated heterocycles. The van der Waals surface area contributed by atoms with E-state index in [4.69, 9.17) is 9.97 Å². The highest BCUT2D eigenvalue weighted by molar-refractivity contribution is 6.09. The van der Waals surface area contributed by atoms with Gasteiger partial charge in [-0.05, 0) is 79.5 Å². The lowest BCUT2D eigenvalue weighted by atomic mass is 9.81. The van der Waals surface area contributed by atoms with Crippen molar-refractivity contribution in [1.82, 2.24) is 9.97 Å². The second-order valence-electron chi connectivity index (χ2n) is 16.0. The number of hydrogen-bond donors (Lipinski definition) is 0. The van der Waals surface area contributed by atoms with E-state index in [0.717, 1.165) is 33.2 Å². The quantitative estimate of drug-likeness (QED) is 0.182. The molecule has 0 saturated carbocycles. The molecule has 0 fully saturated rings. The number of pyridine rings is 2. The number of aromatic nitrogens is 2. The molecule has 8 rings (SSSR count). The topological polar surface area (TPSA) is 25.8 Å². The van der Waals surface area contributed by atoms with Gasteiger partial charge in [0.2, 0.25) is 0 Å². The molecule has 2 heterocycles. The molecular formula is C45H42N2. The summed E-state index contributed by atoms with van der Waals surface area (Å²) in [6.45, 7) is 18.1. The van der Waals surface area contributed by atoms with E-state index < -0.39 is 0 Å². The van der Waals surface area contributed by atoms with Gasteiger partial charge in [0, 0.05) is 38.4 Å². The molecule has 2 nitrogen and oxygen atoms in total. The Morgan fingerprint density at radius 2 is 1.15 bits per heavy atom. The van der Waals surface area contributed by atoms with Crippen LogP contribution in [0.5, 0.6) is 0 Å². The third kappa shape index (κ3) is 4.68. The fourth-order valence-corrected chi connectivity index (χ4v) is 7.46. The van der Waals surface area contributed by atoms with Crippen molar-refractivity contribution in [3.05, 3.63) is 132 Å². The Hall–Kier alpha value is -4.82. The van der Waals surface area contributed by atoms with Crippen LogP contribution >= 0.6 is 0 Å². The van der Waals surface area contributed by atoms with E-state index >= 15 is 0 Å². The first kappa shape index (κ1) is 29.6. The van der Waals surface area contributed by atoms with Crippen molar-refractivity contribution in [3.8, 4) is 33.4 Å². The highest BCUT2D eigenvalue weighted by Gasteiger charge is 2.36. The molecule has 0 radical (unpaired) electrons. The summed E-state index contributed by atoms with van der Waals surface area (Å²) >= 11 is 0. The minimum Gasteiger partial charge on any atom is -0.250 e. The predicted molar refractivity (Wildman–Crippen MR) is 200 cm³/mol. The fraction of sp³-hybridized carbons (Fsp3) is 0.244. The molecule has 0 amide bonds. The van der Waals surface area contributed by atoms with Gasteiger partial charge in [-0.1, -0.05) is 140 Å². The van der Waals surface area contributed by atoms with Gasteiger partial charge in [0.1, 0.15) is 0 Å². The molecule has 232 valence electrons. The van der Waals surface area contributed by atoms with Crippen molar-refractivity contribution < 1.29 is 0 Å². The normalized spacial score (nSPS) is 14.1. The summed E-state index contributed by atoms with van der Waals surface area (Å²) in [4.78, 5) is 10.5. The van der Waals surface area contributed by atoms with Crippen LogP contribution in [0.15, 0.2) is 109 Å². The van der Waals surface area contributed by atoms with Crippen LogP contribution in [-0.4, -0.2) is 9.97 Å². The van der Waals surface area contributed by atoms with Crippen molar-refractivity contribution >= 4 is 32.6 Å². The highest BCUT2D eigenvalue weighted by atomic mass is 14.8. The van der Waals surface area contributed by atoms with Crippen LogP contribution in [0.2, 0.25) is 0 Å². The lowest BCUT2D eigenvalue weighted by molar-refractivity contribution is 0.570. The van der Waals surface area contributed by atoms with Crippen molar-refractivity contribution in [3.63, 3.8) is 0 Å². The molecular weight excluding hydrogens is 569 g/mol.